The molecule has 0 aromatic heterocycles. The third kappa shape index (κ3) is 3.78. The van der Waals surface area contributed by atoms with Crippen LogP contribution in [0.15, 0.2) is 42.1 Å². The summed E-state index contributed by atoms with van der Waals surface area (Å²) in [6.07, 6.45) is 2.88. The van der Waals surface area contributed by atoms with Crippen LogP contribution in [0.5, 0.6) is 5.75 Å². The lowest BCUT2D eigenvalue weighted by molar-refractivity contribution is 0.0805. The number of isocyanates is 1. The molecule has 0 radical (unpaired) electrons. The summed E-state index contributed by atoms with van der Waals surface area (Å²) in [5.41, 5.74) is 0.261. The number of aliphatic imine (C=N–C) groups is 1. The molecule has 0 N–H and O–H groups in total. The first-order valence-electron chi connectivity index (χ1n) is 5.15. The van der Waals surface area contributed by atoms with Gasteiger partial charge in [0.15, 0.2) is 0 Å². The van der Waals surface area contributed by atoms with Crippen molar-refractivity contribution in [2.24, 2.45) is 4.99 Å². The minimum Gasteiger partial charge on any atom is -0.466 e. The fraction of sp³-hybridized carbons (Fsp3) is 0.308. The molecule has 0 amide bonds. The molecule has 0 heterocycles. The number of carbonyl (C=O) groups excluding carboxylic acids is 1. The molecule has 4 nitrogen and oxygen atoms in total. The number of ether oxygens (including phenoxy) is 2. The molecule has 4 heteroatoms. The molecule has 0 atom stereocenters. The van der Waals surface area contributed by atoms with Gasteiger partial charge in [-0.25, -0.2) is 4.79 Å². The lowest BCUT2D eigenvalue weighted by atomic mass is 9.95. The van der Waals surface area contributed by atoms with Crippen molar-refractivity contribution in [3.05, 3.63) is 42.7 Å². The number of hydrogen-bond donors (Lipinski definition) is 0. The van der Waals surface area contributed by atoms with E-state index in [1.165, 1.54) is 6.26 Å². The molecule has 90 valence electrons. The first-order valence-corrected chi connectivity index (χ1v) is 5.15. The summed E-state index contributed by atoms with van der Waals surface area (Å²) in [5, 5.41) is 0. The fourth-order valence-electron chi connectivity index (χ4n) is 1.30. The zero-order valence-corrected chi connectivity index (χ0v) is 9.97. The van der Waals surface area contributed by atoms with Crippen molar-refractivity contribution in [2.75, 3.05) is 6.79 Å². The Labute approximate surface area is 101 Å². The fourth-order valence-corrected chi connectivity index (χ4v) is 1.30. The summed E-state index contributed by atoms with van der Waals surface area (Å²) in [5.74, 6) is 0.651. The quantitative estimate of drug-likeness (QED) is 0.249. The maximum absolute atomic E-state index is 10.3. The highest BCUT2D eigenvalue weighted by Crippen LogP contribution is 2.27. The van der Waals surface area contributed by atoms with Crippen LogP contribution in [0.4, 0.5) is 0 Å². The van der Waals surface area contributed by atoms with Gasteiger partial charge in [-0.3, -0.25) is 0 Å². The Kier molecular flexibility index (Phi) is 4.49. The van der Waals surface area contributed by atoms with Crippen LogP contribution in [0.25, 0.3) is 0 Å². The van der Waals surface area contributed by atoms with E-state index in [0.717, 1.165) is 5.56 Å². The lowest BCUT2D eigenvalue weighted by Gasteiger charge is -2.18. The standard InChI is InChI=1S/C13H15NO3/c1-4-16-10-17-12-7-5-6-11(8-12)13(2,3)14-9-15/h4-8H,1,10H2,2-3H3. The molecule has 0 unspecified atom stereocenters. The zero-order chi connectivity index (χ0) is 12.7. The summed E-state index contributed by atoms with van der Waals surface area (Å²) in [6.45, 7) is 7.18. The minimum atomic E-state index is -0.611. The number of benzene rings is 1. The molecular formula is C13H15NO3. The second kappa shape index (κ2) is 5.87. The van der Waals surface area contributed by atoms with Crippen molar-refractivity contribution in [3.63, 3.8) is 0 Å². The first-order chi connectivity index (χ1) is 8.10. The van der Waals surface area contributed by atoms with E-state index in [1.807, 2.05) is 32.0 Å². The van der Waals surface area contributed by atoms with Gasteiger partial charge >= 0.3 is 0 Å². The van der Waals surface area contributed by atoms with Crippen molar-refractivity contribution < 1.29 is 14.3 Å². The van der Waals surface area contributed by atoms with Crippen LogP contribution in [0.3, 0.4) is 0 Å². The van der Waals surface area contributed by atoms with Crippen LogP contribution in [0.1, 0.15) is 19.4 Å². The minimum absolute atomic E-state index is 0.102. The van der Waals surface area contributed by atoms with Crippen molar-refractivity contribution >= 4 is 6.08 Å². The molecule has 0 aliphatic rings. The van der Waals surface area contributed by atoms with Gasteiger partial charge in [0.25, 0.3) is 0 Å². The van der Waals surface area contributed by atoms with E-state index in [-0.39, 0.29) is 6.79 Å². The molecule has 0 saturated heterocycles. The monoisotopic (exact) mass is 233 g/mol. The summed E-state index contributed by atoms with van der Waals surface area (Å²) in [7, 11) is 0. The van der Waals surface area contributed by atoms with E-state index in [2.05, 4.69) is 11.6 Å². The molecule has 0 bridgehead atoms. The Morgan fingerprint density at radius 1 is 1.53 bits per heavy atom. The van der Waals surface area contributed by atoms with Crippen LogP contribution in [-0.2, 0) is 15.1 Å². The van der Waals surface area contributed by atoms with Gasteiger partial charge in [-0.05, 0) is 31.5 Å². The molecule has 0 fully saturated rings. The van der Waals surface area contributed by atoms with Crippen molar-refractivity contribution in [1.29, 1.82) is 0 Å². The van der Waals surface area contributed by atoms with Crippen molar-refractivity contribution in [2.45, 2.75) is 19.4 Å². The molecule has 1 aromatic carbocycles. The van der Waals surface area contributed by atoms with Gasteiger partial charge in [-0.1, -0.05) is 18.7 Å². The average molecular weight is 233 g/mol. The molecule has 17 heavy (non-hydrogen) atoms. The first kappa shape index (κ1) is 13.0. The van der Waals surface area contributed by atoms with Crippen LogP contribution < -0.4 is 4.74 Å². The summed E-state index contributed by atoms with van der Waals surface area (Å²) in [4.78, 5) is 14.1. The molecule has 0 spiro atoms. The normalized spacial score (nSPS) is 10.2. The van der Waals surface area contributed by atoms with Gasteiger partial charge in [0, 0.05) is 0 Å². The van der Waals surface area contributed by atoms with Gasteiger partial charge in [0.2, 0.25) is 12.9 Å². The molecule has 0 aliphatic carbocycles. The van der Waals surface area contributed by atoms with E-state index < -0.39 is 5.54 Å². The van der Waals surface area contributed by atoms with Gasteiger partial charge in [-0.2, -0.15) is 4.99 Å². The smallest absolute Gasteiger partial charge is 0.235 e. The summed E-state index contributed by atoms with van der Waals surface area (Å²) >= 11 is 0. The maximum atomic E-state index is 10.3. The molecule has 1 aromatic rings. The van der Waals surface area contributed by atoms with Crippen LogP contribution >= 0.6 is 0 Å². The Morgan fingerprint density at radius 2 is 2.29 bits per heavy atom. The van der Waals surface area contributed by atoms with E-state index >= 15 is 0 Å². The van der Waals surface area contributed by atoms with Gasteiger partial charge in [-0.15, -0.1) is 0 Å². The second-order valence-corrected chi connectivity index (χ2v) is 3.89. The predicted molar refractivity (Wildman–Crippen MR) is 64.4 cm³/mol. The highest BCUT2D eigenvalue weighted by Gasteiger charge is 2.19. The number of rotatable bonds is 6. The average Bonchev–Trinajstić information content (AvgIpc) is 2.30. The highest BCUT2D eigenvalue weighted by molar-refractivity contribution is 5.39. The van der Waals surface area contributed by atoms with E-state index in [9.17, 15) is 4.79 Å². The van der Waals surface area contributed by atoms with Crippen LogP contribution in [-0.4, -0.2) is 12.9 Å². The molecule has 0 saturated carbocycles. The Bertz CT molecular complexity index is 434. The van der Waals surface area contributed by atoms with Gasteiger partial charge in [0.05, 0.1) is 11.8 Å². The third-order valence-corrected chi connectivity index (χ3v) is 2.28. The van der Waals surface area contributed by atoms with E-state index in [4.69, 9.17) is 9.47 Å². The van der Waals surface area contributed by atoms with Crippen LogP contribution in [0, 0.1) is 0 Å². The molecule has 0 aliphatic heterocycles. The van der Waals surface area contributed by atoms with Gasteiger partial charge in [0.1, 0.15) is 5.75 Å². The topological polar surface area (TPSA) is 47.9 Å². The Balaban J connectivity index is 2.85. The maximum Gasteiger partial charge on any atom is 0.235 e. The van der Waals surface area contributed by atoms with E-state index in [1.54, 1.807) is 12.1 Å². The van der Waals surface area contributed by atoms with Crippen LogP contribution in [0.2, 0.25) is 0 Å². The SMILES string of the molecule is C=COCOc1cccc(C(C)(C)N=C=O)c1. The Morgan fingerprint density at radius 3 is 2.94 bits per heavy atom. The molecule has 1 rings (SSSR count). The largest absolute Gasteiger partial charge is 0.466 e. The zero-order valence-electron chi connectivity index (χ0n) is 9.97. The summed E-state index contributed by atoms with van der Waals surface area (Å²) < 4.78 is 10.2. The molecular weight excluding hydrogens is 218 g/mol. The predicted octanol–water partition coefficient (Wildman–Crippen LogP) is 2.75. The van der Waals surface area contributed by atoms with Gasteiger partial charge < -0.3 is 9.47 Å². The van der Waals surface area contributed by atoms with Crippen molar-refractivity contribution in [1.82, 2.24) is 0 Å². The summed E-state index contributed by atoms with van der Waals surface area (Å²) in [6, 6.07) is 7.33. The van der Waals surface area contributed by atoms with Crippen molar-refractivity contribution in [3.8, 4) is 5.75 Å². The lowest BCUT2D eigenvalue weighted by Crippen LogP contribution is -2.13. The highest BCUT2D eigenvalue weighted by atomic mass is 16.7. The number of nitrogens with zero attached hydrogens (tertiary/aromatic N) is 1. The third-order valence-electron chi connectivity index (χ3n) is 2.28. The Hall–Kier alpha value is -2.06. The van der Waals surface area contributed by atoms with E-state index in [0.29, 0.717) is 5.75 Å². The second-order valence-electron chi connectivity index (χ2n) is 3.89. The number of hydrogen-bond acceptors (Lipinski definition) is 4.